The highest BCUT2D eigenvalue weighted by Gasteiger charge is 2.18. The fourth-order valence-corrected chi connectivity index (χ4v) is 2.66. The summed E-state index contributed by atoms with van der Waals surface area (Å²) in [7, 11) is 0. The van der Waals surface area contributed by atoms with Crippen LogP contribution < -0.4 is 0 Å². The molecule has 0 aliphatic carbocycles. The van der Waals surface area contributed by atoms with Gasteiger partial charge in [0.15, 0.2) is 12.0 Å². The molecular formula is C19H10BrF3N2. The van der Waals surface area contributed by atoms with Crippen molar-refractivity contribution in [3.63, 3.8) is 0 Å². The average molecular weight is 403 g/mol. The molecule has 0 saturated carbocycles. The first-order chi connectivity index (χ1) is 12.0. The van der Waals surface area contributed by atoms with Gasteiger partial charge in [-0.3, -0.25) is 0 Å². The summed E-state index contributed by atoms with van der Waals surface area (Å²) in [4.78, 5) is 4.15. The molecule has 1 atom stereocenters. The molecule has 0 fully saturated rings. The van der Waals surface area contributed by atoms with E-state index < -0.39 is 23.4 Å². The van der Waals surface area contributed by atoms with Gasteiger partial charge in [-0.1, -0.05) is 34.1 Å². The summed E-state index contributed by atoms with van der Waals surface area (Å²) in [5.41, 5.74) is -0.101. The second-order valence-corrected chi connectivity index (χ2v) is 6.17. The lowest BCUT2D eigenvalue weighted by Gasteiger charge is -2.11. The van der Waals surface area contributed by atoms with Crippen molar-refractivity contribution in [3.8, 4) is 17.3 Å². The zero-order valence-corrected chi connectivity index (χ0v) is 14.3. The van der Waals surface area contributed by atoms with Crippen LogP contribution in [0.3, 0.4) is 0 Å². The van der Waals surface area contributed by atoms with Crippen molar-refractivity contribution in [1.82, 2.24) is 4.98 Å². The Morgan fingerprint density at radius 3 is 2.40 bits per heavy atom. The Kier molecular flexibility index (Phi) is 4.86. The second kappa shape index (κ2) is 7.08. The van der Waals surface area contributed by atoms with Crippen molar-refractivity contribution in [2.75, 3.05) is 0 Å². The van der Waals surface area contributed by atoms with Crippen LogP contribution in [-0.2, 0) is 0 Å². The van der Waals surface area contributed by atoms with Gasteiger partial charge in [-0.2, -0.15) is 5.26 Å². The SMILES string of the molecule is N#Cc1c(F)ccc(-c2cccc(C(F)c3ccc(Br)cc3)n2)c1F. The molecule has 2 nitrogen and oxygen atoms in total. The Bertz CT molecular complexity index is 965. The highest BCUT2D eigenvalue weighted by atomic mass is 79.9. The summed E-state index contributed by atoms with van der Waals surface area (Å²) in [5, 5.41) is 8.87. The molecule has 124 valence electrons. The van der Waals surface area contributed by atoms with E-state index in [0.717, 1.165) is 10.5 Å². The zero-order chi connectivity index (χ0) is 18.0. The highest BCUT2D eigenvalue weighted by Crippen LogP contribution is 2.29. The first-order valence-corrected chi connectivity index (χ1v) is 8.05. The van der Waals surface area contributed by atoms with Crippen molar-refractivity contribution in [1.29, 1.82) is 5.26 Å². The summed E-state index contributed by atoms with van der Waals surface area (Å²) in [6.45, 7) is 0. The number of halogens is 4. The van der Waals surface area contributed by atoms with E-state index in [4.69, 9.17) is 5.26 Å². The van der Waals surface area contributed by atoms with Crippen LogP contribution in [0.15, 0.2) is 59.1 Å². The predicted octanol–water partition coefficient (Wildman–Crippen LogP) is 5.72. The van der Waals surface area contributed by atoms with Crippen LogP contribution in [0.5, 0.6) is 0 Å². The van der Waals surface area contributed by atoms with Gasteiger partial charge in [0.05, 0.1) is 11.4 Å². The minimum atomic E-state index is -1.49. The molecule has 0 aliphatic rings. The molecule has 3 aromatic rings. The van der Waals surface area contributed by atoms with Crippen molar-refractivity contribution in [2.24, 2.45) is 0 Å². The first-order valence-electron chi connectivity index (χ1n) is 7.26. The van der Waals surface area contributed by atoms with Crippen molar-refractivity contribution in [2.45, 2.75) is 6.17 Å². The van der Waals surface area contributed by atoms with E-state index in [2.05, 4.69) is 20.9 Å². The summed E-state index contributed by atoms with van der Waals surface area (Å²) >= 11 is 3.28. The van der Waals surface area contributed by atoms with E-state index >= 15 is 0 Å². The van der Waals surface area contributed by atoms with E-state index in [1.54, 1.807) is 24.3 Å². The third kappa shape index (κ3) is 3.42. The van der Waals surface area contributed by atoms with Crippen LogP contribution in [0.4, 0.5) is 13.2 Å². The second-order valence-electron chi connectivity index (χ2n) is 5.26. The van der Waals surface area contributed by atoms with Gasteiger partial charge >= 0.3 is 0 Å². The lowest BCUT2D eigenvalue weighted by atomic mass is 10.0. The molecule has 0 N–H and O–H groups in total. The molecule has 0 radical (unpaired) electrons. The smallest absolute Gasteiger partial charge is 0.167 e. The van der Waals surface area contributed by atoms with Crippen LogP contribution >= 0.6 is 15.9 Å². The molecule has 25 heavy (non-hydrogen) atoms. The molecule has 0 amide bonds. The zero-order valence-electron chi connectivity index (χ0n) is 12.7. The molecule has 0 bridgehead atoms. The number of hydrogen-bond donors (Lipinski definition) is 0. The van der Waals surface area contributed by atoms with E-state index in [9.17, 15) is 13.2 Å². The minimum absolute atomic E-state index is 0.0530. The van der Waals surface area contributed by atoms with Gasteiger partial charge in [0.25, 0.3) is 0 Å². The van der Waals surface area contributed by atoms with Gasteiger partial charge in [0, 0.05) is 10.0 Å². The number of nitriles is 1. The summed E-state index contributed by atoms with van der Waals surface area (Å²) in [6, 6.07) is 14.8. The monoisotopic (exact) mass is 402 g/mol. The normalized spacial score (nSPS) is 11.8. The lowest BCUT2D eigenvalue weighted by Crippen LogP contribution is -2.01. The molecule has 0 spiro atoms. The number of nitrogens with zero attached hydrogens (tertiary/aromatic N) is 2. The van der Waals surface area contributed by atoms with Crippen molar-refractivity contribution >= 4 is 15.9 Å². The van der Waals surface area contributed by atoms with Gasteiger partial charge in [0.1, 0.15) is 17.4 Å². The summed E-state index contributed by atoms with van der Waals surface area (Å²) in [6.07, 6.45) is -1.49. The molecule has 1 aromatic heterocycles. The standard InChI is InChI=1S/C19H10BrF3N2/c20-12-6-4-11(5-7-12)18(22)17-3-1-2-16(25-17)13-8-9-15(21)14(10-24)19(13)23/h1-9,18H. The third-order valence-corrected chi connectivity index (χ3v) is 4.20. The van der Waals surface area contributed by atoms with Gasteiger partial charge in [-0.05, 0) is 42.0 Å². The Hall–Kier alpha value is -2.65. The average Bonchev–Trinajstić information content (AvgIpc) is 2.62. The molecule has 3 rings (SSSR count). The Morgan fingerprint density at radius 1 is 1.00 bits per heavy atom. The molecule has 2 aromatic carbocycles. The van der Waals surface area contributed by atoms with Crippen LogP contribution in [0.2, 0.25) is 0 Å². The van der Waals surface area contributed by atoms with Gasteiger partial charge in [-0.15, -0.1) is 0 Å². The van der Waals surface area contributed by atoms with Crippen molar-refractivity contribution in [3.05, 3.63) is 87.5 Å². The minimum Gasteiger partial charge on any atom is -0.249 e. The Morgan fingerprint density at radius 2 is 1.72 bits per heavy atom. The lowest BCUT2D eigenvalue weighted by molar-refractivity contribution is 0.393. The molecule has 1 heterocycles. The first kappa shape index (κ1) is 17.2. The van der Waals surface area contributed by atoms with Crippen LogP contribution in [-0.4, -0.2) is 4.98 Å². The van der Waals surface area contributed by atoms with E-state index in [1.165, 1.54) is 30.3 Å². The topological polar surface area (TPSA) is 36.7 Å². The third-order valence-electron chi connectivity index (χ3n) is 3.67. The summed E-state index contributed by atoms with van der Waals surface area (Å²) < 4.78 is 43.3. The maximum Gasteiger partial charge on any atom is 0.167 e. The Balaban J connectivity index is 2.03. The van der Waals surface area contributed by atoms with Crippen LogP contribution in [0.1, 0.15) is 23.0 Å². The largest absolute Gasteiger partial charge is 0.249 e. The number of pyridine rings is 1. The molecule has 0 aliphatic heterocycles. The van der Waals surface area contributed by atoms with E-state index in [0.29, 0.717) is 5.56 Å². The molecule has 0 saturated heterocycles. The van der Waals surface area contributed by atoms with Gasteiger partial charge in [0.2, 0.25) is 0 Å². The number of rotatable bonds is 3. The van der Waals surface area contributed by atoms with Gasteiger partial charge in [-0.25, -0.2) is 18.2 Å². The van der Waals surface area contributed by atoms with Crippen LogP contribution in [0, 0.1) is 23.0 Å². The van der Waals surface area contributed by atoms with E-state index in [-0.39, 0.29) is 17.0 Å². The fraction of sp³-hybridized carbons (Fsp3) is 0.0526. The highest BCUT2D eigenvalue weighted by molar-refractivity contribution is 9.10. The fourth-order valence-electron chi connectivity index (χ4n) is 2.40. The van der Waals surface area contributed by atoms with Gasteiger partial charge < -0.3 is 0 Å². The quantitative estimate of drug-likeness (QED) is 0.561. The van der Waals surface area contributed by atoms with Crippen molar-refractivity contribution < 1.29 is 13.2 Å². The maximum atomic E-state index is 14.7. The number of hydrogen-bond acceptors (Lipinski definition) is 2. The molecule has 1 unspecified atom stereocenters. The summed E-state index contributed by atoms with van der Waals surface area (Å²) in [5.74, 6) is -1.95. The maximum absolute atomic E-state index is 14.7. The number of alkyl halides is 1. The number of benzene rings is 2. The predicted molar refractivity (Wildman–Crippen MR) is 91.4 cm³/mol. The van der Waals surface area contributed by atoms with E-state index in [1.807, 2.05) is 0 Å². The van der Waals surface area contributed by atoms with Crippen LogP contribution in [0.25, 0.3) is 11.3 Å². The molecule has 6 heteroatoms. The molecular weight excluding hydrogens is 393 g/mol. The number of aromatic nitrogens is 1. The Labute approximate surface area is 150 Å².